The minimum atomic E-state index is -1.16. The van der Waals surface area contributed by atoms with Gasteiger partial charge >= 0.3 is 0 Å². The average Bonchev–Trinajstić information content (AvgIpc) is 2.49. The number of carbonyl (C=O) groups excluding carboxylic acids is 1. The van der Waals surface area contributed by atoms with Crippen molar-refractivity contribution in [3.8, 4) is 5.75 Å². The fourth-order valence-electron chi connectivity index (χ4n) is 1.79. The maximum Gasteiger partial charge on any atom is 0.269 e. The van der Waals surface area contributed by atoms with E-state index < -0.39 is 10.5 Å². The first kappa shape index (κ1) is 16.8. The smallest absolute Gasteiger partial charge is 0.269 e. The van der Waals surface area contributed by atoms with Crippen molar-refractivity contribution in [3.63, 3.8) is 0 Å². The molecule has 0 saturated carbocycles. The predicted molar refractivity (Wildman–Crippen MR) is 87.9 cm³/mol. The van der Waals surface area contributed by atoms with Gasteiger partial charge in [0, 0.05) is 22.8 Å². The molecule has 6 nitrogen and oxygen atoms in total. The standard InChI is InChI=1S/C16H15ClN2O4/c1-16(2,15(20)18-12-5-3-11(17)4-6-12)23-14-9-7-13(8-10-14)19(21)22/h3-10H,1-2H3,(H,18,20). The van der Waals surface area contributed by atoms with E-state index in [1.165, 1.54) is 24.3 Å². The molecule has 2 aromatic rings. The summed E-state index contributed by atoms with van der Waals surface area (Å²) in [5.41, 5.74) is -0.601. The molecule has 120 valence electrons. The molecule has 0 heterocycles. The summed E-state index contributed by atoms with van der Waals surface area (Å²) in [6, 6.07) is 12.3. The topological polar surface area (TPSA) is 81.5 Å². The average molecular weight is 335 g/mol. The third-order valence-corrected chi connectivity index (χ3v) is 3.32. The van der Waals surface area contributed by atoms with E-state index in [1.54, 1.807) is 38.1 Å². The number of nitrogens with one attached hydrogen (secondary N) is 1. The highest BCUT2D eigenvalue weighted by molar-refractivity contribution is 6.30. The number of nitro groups is 1. The summed E-state index contributed by atoms with van der Waals surface area (Å²) in [6.07, 6.45) is 0. The predicted octanol–water partition coefficient (Wildman–Crippen LogP) is 4.04. The fraction of sp³-hybridized carbons (Fsp3) is 0.188. The molecule has 1 N–H and O–H groups in total. The summed E-state index contributed by atoms with van der Waals surface area (Å²) in [6.45, 7) is 3.22. The first-order chi connectivity index (χ1) is 10.8. The van der Waals surface area contributed by atoms with Gasteiger partial charge < -0.3 is 10.1 Å². The highest BCUT2D eigenvalue weighted by Gasteiger charge is 2.30. The molecule has 0 spiro atoms. The second-order valence-corrected chi connectivity index (χ2v) is 5.76. The molecule has 1 amide bonds. The molecule has 0 aromatic heterocycles. The number of hydrogen-bond donors (Lipinski definition) is 1. The van der Waals surface area contributed by atoms with Gasteiger partial charge in [-0.25, -0.2) is 0 Å². The largest absolute Gasteiger partial charge is 0.478 e. The number of carbonyl (C=O) groups is 1. The molecule has 0 radical (unpaired) electrons. The van der Waals surface area contributed by atoms with Gasteiger partial charge in [0.25, 0.3) is 11.6 Å². The monoisotopic (exact) mass is 334 g/mol. The zero-order chi connectivity index (χ0) is 17.0. The van der Waals surface area contributed by atoms with Gasteiger partial charge in [0.05, 0.1) is 4.92 Å². The van der Waals surface area contributed by atoms with E-state index in [9.17, 15) is 14.9 Å². The van der Waals surface area contributed by atoms with Crippen LogP contribution in [0.4, 0.5) is 11.4 Å². The number of nitro benzene ring substituents is 1. The van der Waals surface area contributed by atoms with Crippen molar-refractivity contribution < 1.29 is 14.5 Å². The molecule has 0 unspecified atom stereocenters. The third kappa shape index (κ3) is 4.43. The van der Waals surface area contributed by atoms with Crippen LogP contribution in [0.3, 0.4) is 0 Å². The van der Waals surface area contributed by atoms with Crippen molar-refractivity contribution >= 4 is 28.9 Å². The Kier molecular flexibility index (Phi) is 4.86. The van der Waals surface area contributed by atoms with Gasteiger partial charge in [0.1, 0.15) is 5.75 Å². The SMILES string of the molecule is CC(C)(Oc1ccc([N+](=O)[O-])cc1)C(=O)Nc1ccc(Cl)cc1. The molecule has 0 saturated heterocycles. The lowest BCUT2D eigenvalue weighted by atomic mass is 10.1. The highest BCUT2D eigenvalue weighted by Crippen LogP contribution is 2.23. The Hall–Kier alpha value is -2.60. The van der Waals surface area contributed by atoms with Crippen molar-refractivity contribution in [2.45, 2.75) is 19.4 Å². The van der Waals surface area contributed by atoms with Crippen LogP contribution < -0.4 is 10.1 Å². The Morgan fingerprint density at radius 2 is 1.70 bits per heavy atom. The van der Waals surface area contributed by atoms with Gasteiger partial charge in [0.2, 0.25) is 0 Å². The van der Waals surface area contributed by atoms with Crippen LogP contribution in [0, 0.1) is 10.1 Å². The van der Waals surface area contributed by atoms with Gasteiger partial charge in [-0.2, -0.15) is 0 Å². The molecular weight excluding hydrogens is 320 g/mol. The molecule has 0 aliphatic heterocycles. The van der Waals surface area contributed by atoms with Crippen LogP contribution in [0.15, 0.2) is 48.5 Å². The Balaban J connectivity index is 2.06. The molecular formula is C16H15ClN2O4. The van der Waals surface area contributed by atoms with Gasteiger partial charge in [-0.05, 0) is 50.2 Å². The van der Waals surface area contributed by atoms with Crippen molar-refractivity contribution in [2.24, 2.45) is 0 Å². The van der Waals surface area contributed by atoms with Crippen LogP contribution in [0.2, 0.25) is 5.02 Å². The molecule has 7 heteroatoms. The summed E-state index contributed by atoms with van der Waals surface area (Å²) in [5, 5.41) is 13.9. The number of halogens is 1. The zero-order valence-electron chi connectivity index (χ0n) is 12.6. The maximum absolute atomic E-state index is 12.3. The number of non-ortho nitro benzene ring substituents is 1. The summed E-state index contributed by atoms with van der Waals surface area (Å²) >= 11 is 5.80. The van der Waals surface area contributed by atoms with E-state index in [0.29, 0.717) is 16.5 Å². The van der Waals surface area contributed by atoms with E-state index in [-0.39, 0.29) is 11.6 Å². The summed E-state index contributed by atoms with van der Waals surface area (Å²) in [4.78, 5) is 22.4. The lowest BCUT2D eigenvalue weighted by molar-refractivity contribution is -0.384. The lowest BCUT2D eigenvalue weighted by Crippen LogP contribution is -2.42. The van der Waals surface area contributed by atoms with Crippen LogP contribution in [-0.4, -0.2) is 16.4 Å². The third-order valence-electron chi connectivity index (χ3n) is 3.07. The normalized spacial score (nSPS) is 10.9. The minimum absolute atomic E-state index is 0.0410. The van der Waals surface area contributed by atoms with E-state index in [2.05, 4.69) is 5.32 Å². The Morgan fingerprint density at radius 3 is 2.22 bits per heavy atom. The molecule has 0 fully saturated rings. The number of rotatable bonds is 5. The molecule has 0 aliphatic rings. The van der Waals surface area contributed by atoms with E-state index in [1.807, 2.05) is 0 Å². The fourth-order valence-corrected chi connectivity index (χ4v) is 1.92. The maximum atomic E-state index is 12.3. The second kappa shape index (κ2) is 6.66. The number of nitrogens with zero attached hydrogens (tertiary/aromatic N) is 1. The number of hydrogen-bond acceptors (Lipinski definition) is 4. The quantitative estimate of drug-likeness (QED) is 0.660. The Bertz CT molecular complexity index is 712. The Labute approximate surface area is 138 Å². The molecule has 0 aliphatic carbocycles. The first-order valence-corrected chi connectivity index (χ1v) is 7.16. The number of ether oxygens (including phenoxy) is 1. The van der Waals surface area contributed by atoms with Crippen LogP contribution in [-0.2, 0) is 4.79 Å². The van der Waals surface area contributed by atoms with Crippen LogP contribution in [0.5, 0.6) is 5.75 Å². The number of benzene rings is 2. The van der Waals surface area contributed by atoms with E-state index in [4.69, 9.17) is 16.3 Å². The summed E-state index contributed by atoms with van der Waals surface area (Å²) < 4.78 is 5.63. The van der Waals surface area contributed by atoms with Crippen molar-refractivity contribution in [1.29, 1.82) is 0 Å². The summed E-state index contributed by atoms with van der Waals surface area (Å²) in [7, 11) is 0. The summed E-state index contributed by atoms with van der Waals surface area (Å²) in [5.74, 6) is 0.0185. The molecule has 23 heavy (non-hydrogen) atoms. The van der Waals surface area contributed by atoms with Gasteiger partial charge in [-0.1, -0.05) is 11.6 Å². The van der Waals surface area contributed by atoms with Crippen LogP contribution in [0.25, 0.3) is 0 Å². The Morgan fingerprint density at radius 1 is 1.13 bits per heavy atom. The first-order valence-electron chi connectivity index (χ1n) is 6.78. The van der Waals surface area contributed by atoms with E-state index >= 15 is 0 Å². The minimum Gasteiger partial charge on any atom is -0.478 e. The highest BCUT2D eigenvalue weighted by atomic mass is 35.5. The van der Waals surface area contributed by atoms with Crippen molar-refractivity contribution in [3.05, 3.63) is 63.7 Å². The second-order valence-electron chi connectivity index (χ2n) is 5.32. The van der Waals surface area contributed by atoms with Crippen LogP contribution >= 0.6 is 11.6 Å². The molecule has 2 aromatic carbocycles. The lowest BCUT2D eigenvalue weighted by Gasteiger charge is -2.25. The van der Waals surface area contributed by atoms with Crippen LogP contribution in [0.1, 0.15) is 13.8 Å². The number of amides is 1. The van der Waals surface area contributed by atoms with Crippen molar-refractivity contribution in [2.75, 3.05) is 5.32 Å². The van der Waals surface area contributed by atoms with Gasteiger partial charge in [0.15, 0.2) is 5.60 Å². The van der Waals surface area contributed by atoms with Gasteiger partial charge in [-0.3, -0.25) is 14.9 Å². The van der Waals surface area contributed by atoms with Crippen molar-refractivity contribution in [1.82, 2.24) is 0 Å². The van der Waals surface area contributed by atoms with E-state index in [0.717, 1.165) is 0 Å². The molecule has 2 rings (SSSR count). The zero-order valence-corrected chi connectivity index (χ0v) is 13.3. The molecule has 0 atom stereocenters. The molecule has 0 bridgehead atoms. The number of anilines is 1. The van der Waals surface area contributed by atoms with Gasteiger partial charge in [-0.15, -0.1) is 0 Å².